The Morgan fingerprint density at radius 3 is 2.23 bits per heavy atom. The third-order valence-corrected chi connectivity index (χ3v) is 5.23. The van der Waals surface area contributed by atoms with Crippen molar-refractivity contribution in [2.45, 2.75) is 39.3 Å². The van der Waals surface area contributed by atoms with Gasteiger partial charge in [0.2, 0.25) is 10.0 Å². The summed E-state index contributed by atoms with van der Waals surface area (Å²) in [5.74, 6) is -0.111. The molecular formula is C20H26N2O3S. The number of para-hydroxylation sites is 1. The SMILES string of the molecule is CCCC(C)NC(=O)c1ccc(CN(c2ccccc2)S(C)(=O)=O)cc1. The van der Waals surface area contributed by atoms with Crippen molar-refractivity contribution in [1.29, 1.82) is 0 Å². The standard InChI is InChI=1S/C20H26N2O3S/c1-4-8-16(2)21-20(23)18-13-11-17(12-14-18)15-22(26(3,24)25)19-9-6-5-7-10-19/h5-7,9-14,16H,4,8,15H2,1-3H3,(H,21,23). The van der Waals surface area contributed by atoms with Crippen LogP contribution in [0, 0.1) is 0 Å². The highest BCUT2D eigenvalue weighted by Gasteiger charge is 2.18. The van der Waals surface area contributed by atoms with Crippen LogP contribution in [0.2, 0.25) is 0 Å². The predicted octanol–water partition coefficient (Wildman–Crippen LogP) is 3.57. The highest BCUT2D eigenvalue weighted by molar-refractivity contribution is 7.92. The quantitative estimate of drug-likeness (QED) is 0.768. The van der Waals surface area contributed by atoms with Crippen LogP contribution in [0.5, 0.6) is 0 Å². The number of hydrogen-bond donors (Lipinski definition) is 1. The van der Waals surface area contributed by atoms with Gasteiger partial charge in [0.1, 0.15) is 0 Å². The molecule has 1 N–H and O–H groups in total. The van der Waals surface area contributed by atoms with Gasteiger partial charge < -0.3 is 5.32 Å². The lowest BCUT2D eigenvalue weighted by molar-refractivity contribution is 0.0938. The molecule has 6 heteroatoms. The van der Waals surface area contributed by atoms with Crippen molar-refractivity contribution in [3.05, 3.63) is 65.7 Å². The summed E-state index contributed by atoms with van der Waals surface area (Å²) in [6.07, 6.45) is 3.14. The molecule has 0 aromatic heterocycles. The number of rotatable bonds is 8. The number of nitrogens with zero attached hydrogens (tertiary/aromatic N) is 1. The third-order valence-electron chi connectivity index (χ3n) is 4.09. The van der Waals surface area contributed by atoms with E-state index in [2.05, 4.69) is 12.2 Å². The monoisotopic (exact) mass is 374 g/mol. The molecule has 1 amide bonds. The smallest absolute Gasteiger partial charge is 0.251 e. The summed E-state index contributed by atoms with van der Waals surface area (Å²) in [6.45, 7) is 4.29. The lowest BCUT2D eigenvalue weighted by Crippen LogP contribution is -2.32. The minimum atomic E-state index is -3.41. The van der Waals surface area contributed by atoms with Crippen LogP contribution >= 0.6 is 0 Å². The Bertz CT molecular complexity index is 818. The second-order valence-electron chi connectivity index (χ2n) is 6.47. The molecule has 1 unspecified atom stereocenters. The van der Waals surface area contributed by atoms with E-state index in [0.717, 1.165) is 18.4 Å². The van der Waals surface area contributed by atoms with Crippen LogP contribution in [0.3, 0.4) is 0 Å². The number of nitrogens with one attached hydrogen (secondary N) is 1. The molecule has 0 fully saturated rings. The molecule has 2 aromatic rings. The summed E-state index contributed by atoms with van der Waals surface area (Å²) in [6, 6.07) is 16.2. The number of hydrogen-bond acceptors (Lipinski definition) is 3. The first-order valence-corrected chi connectivity index (χ1v) is 10.6. The van der Waals surface area contributed by atoms with E-state index in [0.29, 0.717) is 11.3 Å². The average Bonchev–Trinajstić information content (AvgIpc) is 2.60. The van der Waals surface area contributed by atoms with Gasteiger partial charge in [-0.15, -0.1) is 0 Å². The van der Waals surface area contributed by atoms with Crippen LogP contribution in [0.25, 0.3) is 0 Å². The van der Waals surface area contributed by atoms with Gasteiger partial charge in [0.25, 0.3) is 5.91 Å². The lowest BCUT2D eigenvalue weighted by atomic mass is 10.1. The molecule has 0 radical (unpaired) electrons. The lowest BCUT2D eigenvalue weighted by Gasteiger charge is -2.22. The zero-order chi connectivity index (χ0) is 19.2. The van der Waals surface area contributed by atoms with Gasteiger partial charge in [0.15, 0.2) is 0 Å². The molecule has 0 saturated carbocycles. The molecule has 0 spiro atoms. The summed E-state index contributed by atoms with van der Waals surface area (Å²) in [5.41, 5.74) is 2.00. The van der Waals surface area contributed by atoms with E-state index in [-0.39, 0.29) is 18.5 Å². The number of anilines is 1. The second-order valence-corrected chi connectivity index (χ2v) is 8.37. The molecule has 0 aliphatic carbocycles. The fourth-order valence-electron chi connectivity index (χ4n) is 2.73. The van der Waals surface area contributed by atoms with Crippen molar-refractivity contribution in [3.63, 3.8) is 0 Å². The van der Waals surface area contributed by atoms with Gasteiger partial charge in [-0.2, -0.15) is 0 Å². The van der Waals surface area contributed by atoms with Gasteiger partial charge in [-0.1, -0.05) is 43.7 Å². The molecule has 0 aliphatic heterocycles. The molecule has 1 atom stereocenters. The van der Waals surface area contributed by atoms with Crippen LogP contribution in [-0.2, 0) is 16.6 Å². The summed E-state index contributed by atoms with van der Waals surface area (Å²) in [4.78, 5) is 12.2. The first-order chi connectivity index (χ1) is 12.3. The van der Waals surface area contributed by atoms with Crippen molar-refractivity contribution in [2.24, 2.45) is 0 Å². The van der Waals surface area contributed by atoms with E-state index >= 15 is 0 Å². The largest absolute Gasteiger partial charge is 0.350 e. The van der Waals surface area contributed by atoms with Crippen LogP contribution in [-0.4, -0.2) is 26.6 Å². The van der Waals surface area contributed by atoms with Gasteiger partial charge in [0.05, 0.1) is 18.5 Å². The van der Waals surface area contributed by atoms with E-state index in [1.807, 2.05) is 13.0 Å². The summed E-state index contributed by atoms with van der Waals surface area (Å²) in [5, 5.41) is 2.96. The van der Waals surface area contributed by atoms with Gasteiger partial charge >= 0.3 is 0 Å². The molecular weight excluding hydrogens is 348 g/mol. The third kappa shape index (κ3) is 5.59. The summed E-state index contributed by atoms with van der Waals surface area (Å²) in [7, 11) is -3.41. The Balaban J connectivity index is 2.13. The van der Waals surface area contributed by atoms with Crippen molar-refractivity contribution < 1.29 is 13.2 Å². The number of sulfonamides is 1. The first-order valence-electron chi connectivity index (χ1n) is 8.74. The van der Waals surface area contributed by atoms with Gasteiger partial charge in [-0.25, -0.2) is 8.42 Å². The molecule has 26 heavy (non-hydrogen) atoms. The molecule has 2 rings (SSSR count). The molecule has 140 valence electrons. The fourth-order valence-corrected chi connectivity index (χ4v) is 3.62. The van der Waals surface area contributed by atoms with Crippen LogP contribution in [0.1, 0.15) is 42.6 Å². The van der Waals surface area contributed by atoms with Crippen LogP contribution < -0.4 is 9.62 Å². The topological polar surface area (TPSA) is 66.5 Å². The number of benzene rings is 2. The van der Waals surface area contributed by atoms with Crippen molar-refractivity contribution in [1.82, 2.24) is 5.32 Å². The molecule has 2 aromatic carbocycles. The average molecular weight is 375 g/mol. The highest BCUT2D eigenvalue weighted by atomic mass is 32.2. The van der Waals surface area contributed by atoms with Crippen LogP contribution in [0.15, 0.2) is 54.6 Å². The Kier molecular flexibility index (Phi) is 6.80. The molecule has 0 heterocycles. The molecule has 0 saturated heterocycles. The Labute approximate surface area is 156 Å². The van der Waals surface area contributed by atoms with Crippen molar-refractivity contribution in [3.8, 4) is 0 Å². The maximum atomic E-state index is 12.2. The molecule has 5 nitrogen and oxygen atoms in total. The highest BCUT2D eigenvalue weighted by Crippen LogP contribution is 2.20. The van der Waals surface area contributed by atoms with Crippen molar-refractivity contribution in [2.75, 3.05) is 10.6 Å². The summed E-state index contributed by atoms with van der Waals surface area (Å²) >= 11 is 0. The van der Waals surface area contributed by atoms with E-state index in [4.69, 9.17) is 0 Å². The molecule has 0 bridgehead atoms. The number of carbonyl (C=O) groups is 1. The van der Waals surface area contributed by atoms with Gasteiger partial charge in [-0.05, 0) is 43.2 Å². The van der Waals surface area contributed by atoms with Crippen LogP contribution in [0.4, 0.5) is 5.69 Å². The van der Waals surface area contributed by atoms with E-state index < -0.39 is 10.0 Å². The Morgan fingerprint density at radius 1 is 1.08 bits per heavy atom. The fraction of sp³-hybridized carbons (Fsp3) is 0.350. The maximum absolute atomic E-state index is 12.2. The second kappa shape index (κ2) is 8.85. The van der Waals surface area contributed by atoms with Gasteiger partial charge in [-0.3, -0.25) is 9.10 Å². The van der Waals surface area contributed by atoms with Crippen molar-refractivity contribution >= 4 is 21.6 Å². The zero-order valence-corrected chi connectivity index (χ0v) is 16.3. The maximum Gasteiger partial charge on any atom is 0.251 e. The zero-order valence-electron chi connectivity index (χ0n) is 15.5. The summed E-state index contributed by atoms with van der Waals surface area (Å²) < 4.78 is 25.7. The molecule has 0 aliphatic rings. The number of carbonyl (C=O) groups excluding carboxylic acids is 1. The predicted molar refractivity (Wildman–Crippen MR) is 106 cm³/mol. The minimum Gasteiger partial charge on any atom is -0.350 e. The normalized spacial score (nSPS) is 12.4. The Hall–Kier alpha value is -2.34. The van der Waals surface area contributed by atoms with E-state index in [1.165, 1.54) is 10.6 Å². The Morgan fingerprint density at radius 2 is 1.69 bits per heavy atom. The first kappa shape index (κ1) is 20.0. The van der Waals surface area contributed by atoms with Gasteiger partial charge in [0, 0.05) is 11.6 Å². The van der Waals surface area contributed by atoms with E-state index in [1.54, 1.807) is 48.5 Å². The van der Waals surface area contributed by atoms with E-state index in [9.17, 15) is 13.2 Å². The minimum absolute atomic E-state index is 0.111. The number of amides is 1.